The molecule has 0 bridgehead atoms. The highest BCUT2D eigenvalue weighted by Gasteiger charge is 2.19. The maximum atomic E-state index is 13.3. The number of halogens is 1. The standard InChI is InChI=1S/C24H21FN4O3/c1-13(2)22(30)26-17-8-10-18(11-9-17)27-23(31)19-12-20(15-4-6-16(25)7-5-15)28-24-21(19)14(3)29-32-24/h4-13H,1-3H3,(H,26,30)(H,27,31). The molecule has 8 heteroatoms. The Morgan fingerprint density at radius 1 is 0.969 bits per heavy atom. The molecule has 4 aromatic rings. The van der Waals surface area contributed by atoms with Crippen LogP contribution in [-0.4, -0.2) is 22.0 Å². The van der Waals surface area contributed by atoms with Crippen molar-refractivity contribution in [1.29, 1.82) is 0 Å². The number of anilines is 2. The number of hydrogen-bond donors (Lipinski definition) is 2. The van der Waals surface area contributed by atoms with E-state index in [0.29, 0.717) is 39.3 Å². The van der Waals surface area contributed by atoms with Crippen molar-refractivity contribution in [1.82, 2.24) is 10.1 Å². The second-order valence-corrected chi connectivity index (χ2v) is 7.69. The second-order valence-electron chi connectivity index (χ2n) is 7.69. The predicted molar refractivity (Wildman–Crippen MR) is 120 cm³/mol. The van der Waals surface area contributed by atoms with E-state index in [2.05, 4.69) is 20.8 Å². The number of amides is 2. The number of hydrogen-bond acceptors (Lipinski definition) is 5. The van der Waals surface area contributed by atoms with Gasteiger partial charge in [0, 0.05) is 22.9 Å². The summed E-state index contributed by atoms with van der Waals surface area (Å²) < 4.78 is 18.6. The largest absolute Gasteiger partial charge is 0.335 e. The Morgan fingerprint density at radius 3 is 2.22 bits per heavy atom. The Morgan fingerprint density at radius 2 is 1.59 bits per heavy atom. The van der Waals surface area contributed by atoms with Crippen LogP contribution in [0.25, 0.3) is 22.4 Å². The molecule has 2 heterocycles. The van der Waals surface area contributed by atoms with Crippen molar-refractivity contribution in [2.24, 2.45) is 5.92 Å². The number of nitrogens with one attached hydrogen (secondary N) is 2. The summed E-state index contributed by atoms with van der Waals surface area (Å²) in [6, 6.07) is 14.3. The van der Waals surface area contributed by atoms with Gasteiger partial charge in [-0.2, -0.15) is 0 Å². The predicted octanol–water partition coefficient (Wildman–Crippen LogP) is 5.18. The number of benzene rings is 2. The number of carbonyl (C=O) groups is 2. The van der Waals surface area contributed by atoms with E-state index in [4.69, 9.17) is 4.52 Å². The van der Waals surface area contributed by atoms with E-state index in [1.807, 2.05) is 13.8 Å². The lowest BCUT2D eigenvalue weighted by Crippen LogP contribution is -2.17. The number of nitrogens with zero attached hydrogens (tertiary/aromatic N) is 2. The summed E-state index contributed by atoms with van der Waals surface area (Å²) in [6.07, 6.45) is 0. The Hall–Kier alpha value is -4.07. The third-order valence-corrected chi connectivity index (χ3v) is 4.94. The Kier molecular flexibility index (Phi) is 5.68. The molecule has 0 aliphatic heterocycles. The summed E-state index contributed by atoms with van der Waals surface area (Å²) in [7, 11) is 0. The van der Waals surface area contributed by atoms with Crippen LogP contribution in [0.2, 0.25) is 0 Å². The lowest BCUT2D eigenvalue weighted by molar-refractivity contribution is -0.118. The van der Waals surface area contributed by atoms with E-state index in [1.54, 1.807) is 49.4 Å². The fraction of sp³-hybridized carbons (Fsp3) is 0.167. The van der Waals surface area contributed by atoms with Gasteiger partial charge in [-0.15, -0.1) is 0 Å². The quantitative estimate of drug-likeness (QED) is 0.453. The van der Waals surface area contributed by atoms with Gasteiger partial charge < -0.3 is 15.2 Å². The minimum Gasteiger partial charge on any atom is -0.335 e. The molecule has 0 unspecified atom stereocenters. The first-order valence-corrected chi connectivity index (χ1v) is 10.1. The van der Waals surface area contributed by atoms with Gasteiger partial charge >= 0.3 is 0 Å². The van der Waals surface area contributed by atoms with Crippen molar-refractivity contribution >= 4 is 34.3 Å². The van der Waals surface area contributed by atoms with Crippen LogP contribution in [0.5, 0.6) is 0 Å². The van der Waals surface area contributed by atoms with Crippen molar-refractivity contribution in [2.45, 2.75) is 20.8 Å². The zero-order valence-corrected chi connectivity index (χ0v) is 17.8. The monoisotopic (exact) mass is 432 g/mol. The molecule has 162 valence electrons. The molecule has 0 radical (unpaired) electrons. The van der Waals surface area contributed by atoms with E-state index < -0.39 is 0 Å². The van der Waals surface area contributed by atoms with Gasteiger partial charge in [-0.3, -0.25) is 9.59 Å². The highest BCUT2D eigenvalue weighted by Crippen LogP contribution is 2.28. The van der Waals surface area contributed by atoms with Crippen LogP contribution < -0.4 is 10.6 Å². The molecule has 0 spiro atoms. The zero-order chi connectivity index (χ0) is 22.8. The number of rotatable bonds is 5. The van der Waals surface area contributed by atoms with Crippen LogP contribution in [0.15, 0.2) is 59.1 Å². The van der Waals surface area contributed by atoms with E-state index in [0.717, 1.165) is 0 Å². The van der Waals surface area contributed by atoms with Gasteiger partial charge in [0.1, 0.15) is 5.82 Å². The third kappa shape index (κ3) is 4.34. The number of carbonyl (C=O) groups excluding carboxylic acids is 2. The van der Waals surface area contributed by atoms with Gasteiger partial charge in [0.05, 0.1) is 22.3 Å². The fourth-order valence-corrected chi connectivity index (χ4v) is 3.16. The average molecular weight is 432 g/mol. The first-order valence-electron chi connectivity index (χ1n) is 10.1. The summed E-state index contributed by atoms with van der Waals surface area (Å²) in [6.45, 7) is 5.35. The first-order chi connectivity index (χ1) is 15.3. The van der Waals surface area contributed by atoms with Gasteiger partial charge in [0.25, 0.3) is 11.6 Å². The summed E-state index contributed by atoms with van der Waals surface area (Å²) >= 11 is 0. The minimum absolute atomic E-state index is 0.0859. The number of aryl methyl sites for hydroxylation is 1. The third-order valence-electron chi connectivity index (χ3n) is 4.94. The second kappa shape index (κ2) is 8.58. The normalized spacial score (nSPS) is 11.0. The van der Waals surface area contributed by atoms with Gasteiger partial charge in [-0.1, -0.05) is 19.0 Å². The lowest BCUT2D eigenvalue weighted by atomic mass is 10.0. The van der Waals surface area contributed by atoms with Crippen LogP contribution in [-0.2, 0) is 4.79 Å². The van der Waals surface area contributed by atoms with Gasteiger partial charge in [0.2, 0.25) is 5.91 Å². The van der Waals surface area contributed by atoms with Crippen molar-refractivity contribution in [3.63, 3.8) is 0 Å². The molecule has 4 rings (SSSR count). The molecule has 0 aliphatic rings. The molecule has 0 saturated carbocycles. The molecule has 0 atom stereocenters. The molecule has 2 aromatic heterocycles. The van der Waals surface area contributed by atoms with Crippen molar-refractivity contribution in [3.8, 4) is 11.3 Å². The van der Waals surface area contributed by atoms with Crippen LogP contribution in [0, 0.1) is 18.7 Å². The Bertz CT molecular complexity index is 1300. The maximum Gasteiger partial charge on any atom is 0.259 e. The fourth-order valence-electron chi connectivity index (χ4n) is 3.16. The average Bonchev–Trinajstić information content (AvgIpc) is 3.15. The molecular weight excluding hydrogens is 411 g/mol. The Labute approximate surface area is 183 Å². The molecule has 0 saturated heterocycles. The molecule has 0 aliphatic carbocycles. The number of fused-ring (bicyclic) bond motifs is 1. The van der Waals surface area contributed by atoms with Crippen LogP contribution in [0.1, 0.15) is 29.9 Å². The SMILES string of the molecule is Cc1noc2nc(-c3ccc(F)cc3)cc(C(=O)Nc3ccc(NC(=O)C(C)C)cc3)c12. The molecular formula is C24H21FN4O3. The van der Waals surface area contributed by atoms with E-state index in [1.165, 1.54) is 12.1 Å². The lowest BCUT2D eigenvalue weighted by Gasteiger charge is -2.10. The molecule has 32 heavy (non-hydrogen) atoms. The van der Waals surface area contributed by atoms with Crippen molar-refractivity contribution in [2.75, 3.05) is 10.6 Å². The van der Waals surface area contributed by atoms with E-state index in [9.17, 15) is 14.0 Å². The van der Waals surface area contributed by atoms with Gasteiger partial charge in [-0.05, 0) is 61.5 Å². The summed E-state index contributed by atoms with van der Waals surface area (Å²) in [5.41, 5.74) is 3.40. The smallest absolute Gasteiger partial charge is 0.259 e. The van der Waals surface area contributed by atoms with Crippen LogP contribution in [0.3, 0.4) is 0 Å². The molecule has 7 nitrogen and oxygen atoms in total. The summed E-state index contributed by atoms with van der Waals surface area (Å²) in [5.74, 6) is -0.954. The van der Waals surface area contributed by atoms with Crippen LogP contribution >= 0.6 is 0 Å². The number of aromatic nitrogens is 2. The Balaban J connectivity index is 1.63. The van der Waals surface area contributed by atoms with Gasteiger partial charge in [0.15, 0.2) is 0 Å². The summed E-state index contributed by atoms with van der Waals surface area (Å²) in [5, 5.41) is 10.1. The van der Waals surface area contributed by atoms with Crippen LogP contribution in [0.4, 0.5) is 15.8 Å². The van der Waals surface area contributed by atoms with Gasteiger partial charge in [-0.25, -0.2) is 9.37 Å². The first kappa shape index (κ1) is 21.2. The highest BCUT2D eigenvalue weighted by molar-refractivity contribution is 6.13. The van der Waals surface area contributed by atoms with Crippen molar-refractivity contribution in [3.05, 3.63) is 71.7 Å². The molecule has 0 fully saturated rings. The minimum atomic E-state index is -0.369. The van der Waals surface area contributed by atoms with E-state index >= 15 is 0 Å². The van der Waals surface area contributed by atoms with E-state index in [-0.39, 0.29) is 29.3 Å². The van der Waals surface area contributed by atoms with Crippen molar-refractivity contribution < 1.29 is 18.5 Å². The topological polar surface area (TPSA) is 97.1 Å². The maximum absolute atomic E-state index is 13.3. The number of pyridine rings is 1. The molecule has 2 aromatic carbocycles. The summed E-state index contributed by atoms with van der Waals surface area (Å²) in [4.78, 5) is 29.4. The molecule has 2 amide bonds. The highest BCUT2D eigenvalue weighted by atomic mass is 19.1. The zero-order valence-electron chi connectivity index (χ0n) is 17.8. The molecule has 2 N–H and O–H groups in total.